The number of nitrogens with one attached hydrogen (secondary N) is 1. The molecular weight excluding hydrogens is 328 g/mol. The summed E-state index contributed by atoms with van der Waals surface area (Å²) >= 11 is 0. The van der Waals surface area contributed by atoms with Gasteiger partial charge in [0, 0.05) is 32.2 Å². The third kappa shape index (κ3) is 2.89. The number of carbonyl (C=O) groups excluding carboxylic acids is 2. The summed E-state index contributed by atoms with van der Waals surface area (Å²) in [5.74, 6) is 0.324. The molecule has 0 spiro atoms. The predicted molar refractivity (Wildman–Crippen MR) is 98.5 cm³/mol. The van der Waals surface area contributed by atoms with Crippen molar-refractivity contribution in [3.05, 3.63) is 41.6 Å². The molecule has 2 aromatic rings. The zero-order valence-electron chi connectivity index (χ0n) is 15.2. The summed E-state index contributed by atoms with van der Waals surface area (Å²) in [4.78, 5) is 28.8. The van der Waals surface area contributed by atoms with E-state index in [9.17, 15) is 9.59 Å². The molecule has 3 heterocycles. The SMILES string of the molecule is CCc1ccc(-c2cc(C(=O)N3C[C@H]4CCN(C)C(=O)[C@H]4C3)[nH]n2)cc1. The zero-order chi connectivity index (χ0) is 18.3. The molecule has 26 heavy (non-hydrogen) atoms. The number of nitrogens with zero attached hydrogens (tertiary/aromatic N) is 3. The number of H-pyrrole nitrogens is 1. The summed E-state index contributed by atoms with van der Waals surface area (Å²) in [5.41, 5.74) is 3.52. The molecular formula is C20H24N4O2. The fourth-order valence-corrected chi connectivity index (χ4v) is 4.02. The molecule has 136 valence electrons. The van der Waals surface area contributed by atoms with Gasteiger partial charge in [-0.15, -0.1) is 0 Å². The Morgan fingerprint density at radius 1 is 1.27 bits per heavy atom. The van der Waals surface area contributed by atoms with E-state index in [4.69, 9.17) is 0 Å². The van der Waals surface area contributed by atoms with Crippen LogP contribution in [0.1, 0.15) is 29.4 Å². The summed E-state index contributed by atoms with van der Waals surface area (Å²) in [6.07, 6.45) is 1.96. The molecule has 1 N–H and O–H groups in total. The second-order valence-electron chi connectivity index (χ2n) is 7.34. The lowest BCUT2D eigenvalue weighted by molar-refractivity contribution is -0.137. The van der Waals surface area contributed by atoms with Gasteiger partial charge in [-0.2, -0.15) is 5.10 Å². The highest BCUT2D eigenvalue weighted by molar-refractivity contribution is 5.94. The zero-order valence-corrected chi connectivity index (χ0v) is 15.2. The Balaban J connectivity index is 1.49. The minimum Gasteiger partial charge on any atom is -0.345 e. The first kappa shape index (κ1) is 16.8. The molecule has 2 aliphatic rings. The number of aryl methyl sites for hydroxylation is 1. The van der Waals surface area contributed by atoms with Gasteiger partial charge in [0.2, 0.25) is 5.91 Å². The first-order chi connectivity index (χ1) is 12.6. The van der Waals surface area contributed by atoms with Gasteiger partial charge >= 0.3 is 0 Å². The van der Waals surface area contributed by atoms with Crippen molar-refractivity contribution in [1.29, 1.82) is 0 Å². The highest BCUT2D eigenvalue weighted by Gasteiger charge is 2.43. The van der Waals surface area contributed by atoms with Gasteiger partial charge < -0.3 is 9.80 Å². The molecule has 1 aromatic heterocycles. The quantitative estimate of drug-likeness (QED) is 0.921. The Morgan fingerprint density at radius 3 is 2.77 bits per heavy atom. The fourth-order valence-electron chi connectivity index (χ4n) is 4.02. The second-order valence-corrected chi connectivity index (χ2v) is 7.34. The number of aromatic amines is 1. The monoisotopic (exact) mass is 352 g/mol. The van der Waals surface area contributed by atoms with Gasteiger partial charge in [0.05, 0.1) is 11.6 Å². The van der Waals surface area contributed by atoms with Crippen molar-refractivity contribution in [2.45, 2.75) is 19.8 Å². The highest BCUT2D eigenvalue weighted by Crippen LogP contribution is 2.32. The summed E-state index contributed by atoms with van der Waals surface area (Å²) in [6.45, 7) is 4.06. The number of carbonyl (C=O) groups is 2. The number of likely N-dealkylation sites (tertiary alicyclic amines) is 2. The van der Waals surface area contributed by atoms with Crippen molar-refractivity contribution in [3.8, 4) is 11.3 Å². The fraction of sp³-hybridized carbons (Fsp3) is 0.450. The van der Waals surface area contributed by atoms with Gasteiger partial charge in [0.25, 0.3) is 5.91 Å². The Hall–Kier alpha value is -2.63. The van der Waals surface area contributed by atoms with E-state index in [1.54, 1.807) is 15.9 Å². The summed E-state index contributed by atoms with van der Waals surface area (Å²) in [6, 6.07) is 10.0. The lowest BCUT2D eigenvalue weighted by atomic mass is 9.88. The van der Waals surface area contributed by atoms with E-state index in [2.05, 4.69) is 29.3 Å². The van der Waals surface area contributed by atoms with E-state index in [1.165, 1.54) is 5.56 Å². The molecule has 0 unspecified atom stereocenters. The molecule has 0 saturated carbocycles. The van der Waals surface area contributed by atoms with E-state index in [0.717, 1.165) is 30.6 Å². The Bertz CT molecular complexity index is 827. The normalized spacial score (nSPS) is 22.6. The van der Waals surface area contributed by atoms with Crippen LogP contribution in [0, 0.1) is 11.8 Å². The van der Waals surface area contributed by atoms with E-state index in [-0.39, 0.29) is 23.7 Å². The second kappa shape index (κ2) is 6.59. The van der Waals surface area contributed by atoms with Crippen molar-refractivity contribution in [1.82, 2.24) is 20.0 Å². The molecule has 4 rings (SSSR count). The van der Waals surface area contributed by atoms with Gasteiger partial charge in [-0.25, -0.2) is 0 Å². The first-order valence-electron chi connectivity index (χ1n) is 9.25. The third-order valence-corrected chi connectivity index (χ3v) is 5.72. The molecule has 2 amide bonds. The Labute approximate surface area is 153 Å². The number of benzene rings is 1. The predicted octanol–water partition coefficient (Wildman–Crippen LogP) is 2.19. The van der Waals surface area contributed by atoms with Crippen LogP contribution in [0.4, 0.5) is 0 Å². The summed E-state index contributed by atoms with van der Waals surface area (Å²) < 4.78 is 0. The number of fused-ring (bicyclic) bond motifs is 1. The molecule has 1 aromatic carbocycles. The topological polar surface area (TPSA) is 69.3 Å². The van der Waals surface area contributed by atoms with Gasteiger partial charge in [-0.05, 0) is 30.4 Å². The standard InChI is InChI=1S/C20H24N4O2/c1-3-13-4-6-14(7-5-13)17-10-18(22-21-17)20(26)24-11-15-8-9-23(2)19(25)16(15)12-24/h4-7,10,15-16H,3,8-9,11-12H2,1-2H3,(H,21,22)/t15-,16+/m1/s1. The Kier molecular flexibility index (Phi) is 4.26. The summed E-state index contributed by atoms with van der Waals surface area (Å²) in [5, 5.41) is 7.18. The van der Waals surface area contributed by atoms with Gasteiger partial charge in [0.15, 0.2) is 0 Å². The Morgan fingerprint density at radius 2 is 2.04 bits per heavy atom. The molecule has 0 aliphatic carbocycles. The van der Waals surface area contributed by atoms with Crippen LogP contribution in [-0.2, 0) is 11.2 Å². The van der Waals surface area contributed by atoms with Crippen LogP contribution in [0.25, 0.3) is 11.3 Å². The van der Waals surface area contributed by atoms with Crippen LogP contribution in [0.5, 0.6) is 0 Å². The van der Waals surface area contributed by atoms with Crippen molar-refractivity contribution in [2.24, 2.45) is 11.8 Å². The van der Waals surface area contributed by atoms with E-state index in [1.807, 2.05) is 19.2 Å². The molecule has 6 nitrogen and oxygen atoms in total. The maximum Gasteiger partial charge on any atom is 0.271 e. The highest BCUT2D eigenvalue weighted by atomic mass is 16.2. The minimum atomic E-state index is -0.0706. The van der Waals surface area contributed by atoms with Crippen molar-refractivity contribution in [2.75, 3.05) is 26.7 Å². The number of hydrogen-bond donors (Lipinski definition) is 1. The largest absolute Gasteiger partial charge is 0.345 e. The number of rotatable bonds is 3. The molecule has 2 fully saturated rings. The number of aromatic nitrogens is 2. The van der Waals surface area contributed by atoms with Crippen LogP contribution < -0.4 is 0 Å². The maximum absolute atomic E-state index is 12.9. The molecule has 2 saturated heterocycles. The lowest BCUT2D eigenvalue weighted by Crippen LogP contribution is -2.42. The van der Waals surface area contributed by atoms with E-state index in [0.29, 0.717) is 18.8 Å². The molecule has 2 aliphatic heterocycles. The molecule has 0 radical (unpaired) electrons. The number of amides is 2. The minimum absolute atomic E-state index is 0.0540. The van der Waals surface area contributed by atoms with Gasteiger partial charge in [-0.3, -0.25) is 14.7 Å². The molecule has 6 heteroatoms. The van der Waals surface area contributed by atoms with Crippen molar-refractivity contribution in [3.63, 3.8) is 0 Å². The maximum atomic E-state index is 12.9. The summed E-state index contributed by atoms with van der Waals surface area (Å²) in [7, 11) is 1.84. The van der Waals surface area contributed by atoms with Crippen LogP contribution in [-0.4, -0.2) is 58.5 Å². The smallest absolute Gasteiger partial charge is 0.271 e. The lowest BCUT2D eigenvalue weighted by Gasteiger charge is -2.30. The van der Waals surface area contributed by atoms with Gasteiger partial charge in [-0.1, -0.05) is 31.2 Å². The van der Waals surface area contributed by atoms with Crippen LogP contribution in [0.3, 0.4) is 0 Å². The molecule has 2 atom stereocenters. The van der Waals surface area contributed by atoms with Crippen molar-refractivity contribution >= 4 is 11.8 Å². The van der Waals surface area contributed by atoms with Crippen LogP contribution in [0.2, 0.25) is 0 Å². The van der Waals surface area contributed by atoms with Gasteiger partial charge in [0.1, 0.15) is 5.69 Å². The van der Waals surface area contributed by atoms with Crippen LogP contribution >= 0.6 is 0 Å². The third-order valence-electron chi connectivity index (χ3n) is 5.72. The number of hydrogen-bond acceptors (Lipinski definition) is 3. The average Bonchev–Trinajstić information content (AvgIpc) is 3.32. The van der Waals surface area contributed by atoms with E-state index >= 15 is 0 Å². The number of piperidine rings is 1. The first-order valence-corrected chi connectivity index (χ1v) is 9.25. The average molecular weight is 352 g/mol. The van der Waals surface area contributed by atoms with E-state index < -0.39 is 0 Å². The van der Waals surface area contributed by atoms with Crippen LogP contribution in [0.15, 0.2) is 30.3 Å². The van der Waals surface area contributed by atoms with Crippen molar-refractivity contribution < 1.29 is 9.59 Å². The molecule has 0 bridgehead atoms.